The topological polar surface area (TPSA) is 302 Å². The first kappa shape index (κ1) is 34.5. The summed E-state index contributed by atoms with van der Waals surface area (Å²) in [7, 11) is 0. The summed E-state index contributed by atoms with van der Waals surface area (Å²) in [6.07, 6.45) is -3.25. The minimum absolute atomic E-state index is 0.296. The average molecular weight is 458 g/mol. The average Bonchev–Trinajstić information content (AvgIpc) is 2.59. The summed E-state index contributed by atoms with van der Waals surface area (Å²) in [5.41, 5.74) is 0. The predicted molar refractivity (Wildman–Crippen MR) is 94.1 cm³/mol. The third kappa shape index (κ3) is 46.2. The van der Waals surface area contributed by atoms with Crippen LogP contribution in [0.3, 0.4) is 0 Å². The number of carboxylic acids is 7. The molecular formula is C15H22O16. The summed E-state index contributed by atoms with van der Waals surface area (Å²) in [5, 5.41) is 71.3. The van der Waals surface area contributed by atoms with Gasteiger partial charge in [-0.05, 0) is 6.92 Å². The van der Waals surface area contributed by atoms with Crippen LogP contribution in [0.1, 0.15) is 26.2 Å². The standard InChI is InChI=1S/C4H6O5.C4H6O4.C4H4O4.C3H6O3/c5-2(4(8)9)1-3(6)7;2*5-3(6)1-2-4(7)8;1-2(4)3(5)6/h2,5H,1H2,(H,6,7)(H,8,9);1-2H2,(H,5,6)(H,7,8);1-2H,(H,5,6)(H,7,8);2,4H,1H3,(H,5,6). The summed E-state index contributed by atoms with van der Waals surface area (Å²) in [4.78, 5) is 67.2. The molecule has 0 aromatic carbocycles. The molecule has 31 heavy (non-hydrogen) atoms. The molecule has 9 N–H and O–H groups in total. The molecule has 0 amide bonds. The lowest BCUT2D eigenvalue weighted by molar-refractivity contribution is -0.152. The van der Waals surface area contributed by atoms with Crippen molar-refractivity contribution in [2.75, 3.05) is 0 Å². The molecule has 0 aromatic heterocycles. The van der Waals surface area contributed by atoms with E-state index in [0.717, 1.165) is 0 Å². The summed E-state index contributed by atoms with van der Waals surface area (Å²) < 4.78 is 0. The molecule has 2 unspecified atom stereocenters. The van der Waals surface area contributed by atoms with E-state index in [1.54, 1.807) is 0 Å². The SMILES string of the molecule is CC(O)C(=O)O.O=C(O)C=CC(=O)O.O=C(O)CC(O)C(=O)O.O=C(O)CCC(=O)O. The van der Waals surface area contributed by atoms with Gasteiger partial charge in [-0.15, -0.1) is 0 Å². The van der Waals surface area contributed by atoms with Crippen LogP contribution in [0.2, 0.25) is 0 Å². The molecule has 0 aromatic rings. The predicted octanol–water partition coefficient (Wildman–Crippen LogP) is -1.99. The monoisotopic (exact) mass is 458 g/mol. The summed E-state index contributed by atoms with van der Waals surface area (Å²) in [6.45, 7) is 1.20. The lowest BCUT2D eigenvalue weighted by Crippen LogP contribution is -2.22. The second-order valence-corrected chi connectivity index (χ2v) is 4.76. The fourth-order valence-electron chi connectivity index (χ4n) is 0.609. The number of rotatable bonds is 9. The van der Waals surface area contributed by atoms with Gasteiger partial charge in [-0.3, -0.25) is 14.4 Å². The zero-order chi connectivity index (χ0) is 25.7. The first-order valence-corrected chi connectivity index (χ1v) is 7.54. The molecule has 178 valence electrons. The van der Waals surface area contributed by atoms with Crippen LogP contribution >= 0.6 is 0 Å². The van der Waals surface area contributed by atoms with Crippen molar-refractivity contribution < 1.29 is 79.5 Å². The molecule has 0 saturated carbocycles. The van der Waals surface area contributed by atoms with E-state index in [1.807, 2.05) is 0 Å². The second kappa shape index (κ2) is 20.7. The van der Waals surface area contributed by atoms with Gasteiger partial charge in [0.25, 0.3) is 0 Å². The molecule has 16 heteroatoms. The maximum Gasteiger partial charge on any atom is 0.333 e. The van der Waals surface area contributed by atoms with Gasteiger partial charge >= 0.3 is 41.8 Å². The molecule has 0 aliphatic carbocycles. The Morgan fingerprint density at radius 2 is 0.903 bits per heavy atom. The Labute approximate surface area is 172 Å². The quantitative estimate of drug-likeness (QED) is 0.169. The first-order valence-electron chi connectivity index (χ1n) is 7.54. The van der Waals surface area contributed by atoms with E-state index >= 15 is 0 Å². The van der Waals surface area contributed by atoms with E-state index in [9.17, 15) is 33.6 Å². The van der Waals surface area contributed by atoms with Crippen molar-refractivity contribution in [1.29, 1.82) is 0 Å². The third-order valence-corrected chi connectivity index (χ3v) is 1.93. The molecule has 0 aliphatic heterocycles. The Morgan fingerprint density at radius 3 is 1.00 bits per heavy atom. The molecule has 0 heterocycles. The first-order chi connectivity index (χ1) is 13.9. The van der Waals surface area contributed by atoms with Gasteiger partial charge in [0.2, 0.25) is 0 Å². The van der Waals surface area contributed by atoms with Gasteiger partial charge in [-0.2, -0.15) is 0 Å². The van der Waals surface area contributed by atoms with Crippen LogP contribution in [0.25, 0.3) is 0 Å². The molecule has 0 radical (unpaired) electrons. The molecule has 0 aliphatic rings. The smallest absolute Gasteiger partial charge is 0.333 e. The lowest BCUT2D eigenvalue weighted by atomic mass is 10.3. The van der Waals surface area contributed by atoms with Gasteiger partial charge < -0.3 is 46.0 Å². The van der Waals surface area contributed by atoms with Crippen LogP contribution in [0.4, 0.5) is 0 Å². The van der Waals surface area contributed by atoms with Crippen LogP contribution in [-0.2, 0) is 33.6 Å². The van der Waals surface area contributed by atoms with E-state index in [1.165, 1.54) is 6.92 Å². The number of carboxylic acid groups (broad SMARTS) is 7. The zero-order valence-electron chi connectivity index (χ0n) is 15.8. The van der Waals surface area contributed by atoms with Gasteiger partial charge in [-0.25, -0.2) is 19.2 Å². The molecule has 16 nitrogen and oxygen atoms in total. The maximum absolute atomic E-state index is 9.72. The van der Waals surface area contributed by atoms with Gasteiger partial charge in [0.1, 0.15) is 6.10 Å². The molecule has 0 spiro atoms. The summed E-state index contributed by atoms with van der Waals surface area (Å²) in [6, 6.07) is 0. The molecule has 0 saturated heterocycles. The van der Waals surface area contributed by atoms with E-state index in [2.05, 4.69) is 0 Å². The Bertz CT molecular complexity index is 617. The number of aliphatic carboxylic acids is 7. The van der Waals surface area contributed by atoms with Crippen molar-refractivity contribution >= 4 is 41.8 Å². The minimum atomic E-state index is -1.79. The van der Waals surface area contributed by atoms with Crippen LogP contribution in [0.5, 0.6) is 0 Å². The Kier molecular flexibility index (Phi) is 23.0. The van der Waals surface area contributed by atoms with Crippen LogP contribution in [-0.4, -0.2) is 100.0 Å². The maximum atomic E-state index is 9.72. The second-order valence-electron chi connectivity index (χ2n) is 4.76. The van der Waals surface area contributed by atoms with Crippen LogP contribution in [0, 0.1) is 0 Å². The highest BCUT2D eigenvalue weighted by molar-refractivity contribution is 5.89. The number of aliphatic hydroxyl groups excluding tert-OH is 2. The Hall–Kier alpha value is -4.05. The van der Waals surface area contributed by atoms with E-state index in [-0.39, 0.29) is 12.8 Å². The number of aliphatic hydroxyl groups is 2. The van der Waals surface area contributed by atoms with Crippen molar-refractivity contribution in [2.45, 2.75) is 38.4 Å². The molecule has 0 fully saturated rings. The van der Waals surface area contributed by atoms with Crippen LogP contribution < -0.4 is 0 Å². The van der Waals surface area contributed by atoms with Crippen molar-refractivity contribution in [2.24, 2.45) is 0 Å². The normalized spacial score (nSPS) is 10.9. The third-order valence-electron chi connectivity index (χ3n) is 1.93. The Morgan fingerprint density at radius 1 is 0.613 bits per heavy atom. The molecule has 2 atom stereocenters. The highest BCUT2D eigenvalue weighted by Gasteiger charge is 2.16. The zero-order valence-corrected chi connectivity index (χ0v) is 15.8. The summed E-state index contributed by atoms with van der Waals surface area (Å²) in [5.74, 6) is -8.70. The fraction of sp³-hybridized carbons (Fsp3) is 0.400. The van der Waals surface area contributed by atoms with Crippen LogP contribution in [0.15, 0.2) is 12.2 Å². The van der Waals surface area contributed by atoms with Crippen molar-refractivity contribution in [3.05, 3.63) is 12.2 Å². The van der Waals surface area contributed by atoms with Gasteiger partial charge in [0, 0.05) is 12.2 Å². The molecule has 0 rings (SSSR count). The van der Waals surface area contributed by atoms with E-state index in [4.69, 9.17) is 46.0 Å². The highest BCUT2D eigenvalue weighted by Crippen LogP contribution is 1.89. The van der Waals surface area contributed by atoms with E-state index < -0.39 is 60.4 Å². The largest absolute Gasteiger partial charge is 0.481 e. The van der Waals surface area contributed by atoms with Gasteiger partial charge in [0.05, 0.1) is 19.3 Å². The minimum Gasteiger partial charge on any atom is -0.481 e. The van der Waals surface area contributed by atoms with E-state index in [0.29, 0.717) is 12.2 Å². The number of hydrogen-bond donors (Lipinski definition) is 9. The number of hydrogen-bond acceptors (Lipinski definition) is 9. The van der Waals surface area contributed by atoms with Crippen molar-refractivity contribution in [1.82, 2.24) is 0 Å². The lowest BCUT2D eigenvalue weighted by Gasteiger charge is -1.97. The molecule has 0 bridgehead atoms. The van der Waals surface area contributed by atoms with Crippen molar-refractivity contribution in [3.63, 3.8) is 0 Å². The van der Waals surface area contributed by atoms with Gasteiger partial charge in [-0.1, -0.05) is 0 Å². The highest BCUT2D eigenvalue weighted by atomic mass is 16.4. The molecular weight excluding hydrogens is 436 g/mol. The summed E-state index contributed by atoms with van der Waals surface area (Å²) >= 11 is 0. The fourth-order valence-corrected chi connectivity index (χ4v) is 0.609. The van der Waals surface area contributed by atoms with Crippen molar-refractivity contribution in [3.8, 4) is 0 Å². The van der Waals surface area contributed by atoms with Gasteiger partial charge in [0.15, 0.2) is 6.10 Å². The Balaban J connectivity index is -0.000000158. The number of carbonyl (C=O) groups is 7.